The van der Waals surface area contributed by atoms with Gasteiger partial charge in [-0.1, -0.05) is 54.6 Å². The van der Waals surface area contributed by atoms with Gasteiger partial charge in [-0.3, -0.25) is 9.78 Å². The van der Waals surface area contributed by atoms with Crippen LogP contribution < -0.4 is 10.1 Å². The molecule has 0 unspecified atom stereocenters. The Morgan fingerprint density at radius 1 is 0.879 bits per heavy atom. The second-order valence-corrected chi connectivity index (χ2v) is 7.78. The topological polar surface area (TPSA) is 60.5 Å². The molecule has 5 nitrogen and oxygen atoms in total. The van der Waals surface area contributed by atoms with Crippen molar-refractivity contribution in [3.8, 4) is 16.9 Å². The minimum absolute atomic E-state index is 0.216. The molecule has 0 amide bonds. The second kappa shape index (κ2) is 10.7. The number of benzene rings is 3. The molecule has 4 aromatic rings. The first-order valence-electron chi connectivity index (χ1n) is 11.1. The lowest BCUT2D eigenvalue weighted by atomic mass is 9.97. The molecule has 3 aromatic carbocycles. The number of ether oxygens (including phenoxy) is 2. The summed E-state index contributed by atoms with van der Waals surface area (Å²) in [5.41, 5.74) is 5.86. The Labute approximate surface area is 194 Å². The van der Waals surface area contributed by atoms with Crippen LogP contribution in [-0.2, 0) is 29.0 Å². The van der Waals surface area contributed by atoms with E-state index in [1.807, 2.05) is 61.5 Å². The fourth-order valence-electron chi connectivity index (χ4n) is 3.90. The molecule has 1 heterocycles. The number of carbonyl (C=O) groups is 1. The minimum Gasteiger partial charge on any atom is -0.496 e. The van der Waals surface area contributed by atoms with Crippen molar-refractivity contribution in [1.29, 1.82) is 0 Å². The fraction of sp³-hybridized carbons (Fsp3) is 0.214. The average Bonchev–Trinajstić information content (AvgIpc) is 2.84. The smallest absolute Gasteiger partial charge is 0.310 e. The van der Waals surface area contributed by atoms with E-state index in [1.165, 1.54) is 5.56 Å². The van der Waals surface area contributed by atoms with Crippen LogP contribution in [0.4, 0.5) is 0 Å². The Balaban J connectivity index is 1.71. The van der Waals surface area contributed by atoms with Crippen LogP contribution >= 0.6 is 0 Å². The van der Waals surface area contributed by atoms with Gasteiger partial charge in [0.1, 0.15) is 5.75 Å². The molecule has 5 heteroatoms. The maximum absolute atomic E-state index is 12.1. The second-order valence-electron chi connectivity index (χ2n) is 7.78. The summed E-state index contributed by atoms with van der Waals surface area (Å²) in [5.74, 6) is 0.499. The third kappa shape index (κ3) is 5.57. The number of esters is 1. The van der Waals surface area contributed by atoms with Gasteiger partial charge in [0.25, 0.3) is 0 Å². The number of nitrogens with zero attached hydrogens (tertiary/aromatic N) is 1. The Morgan fingerprint density at radius 3 is 2.45 bits per heavy atom. The van der Waals surface area contributed by atoms with Crippen molar-refractivity contribution < 1.29 is 14.3 Å². The summed E-state index contributed by atoms with van der Waals surface area (Å²) in [6.45, 7) is 3.52. The summed E-state index contributed by atoms with van der Waals surface area (Å²) in [6, 6.07) is 26.3. The van der Waals surface area contributed by atoms with E-state index in [9.17, 15) is 4.79 Å². The van der Waals surface area contributed by atoms with Crippen molar-refractivity contribution in [1.82, 2.24) is 10.3 Å². The van der Waals surface area contributed by atoms with E-state index in [1.54, 1.807) is 7.11 Å². The Morgan fingerprint density at radius 2 is 1.67 bits per heavy atom. The summed E-state index contributed by atoms with van der Waals surface area (Å²) in [5, 5.41) is 4.57. The number of hydrogen-bond donors (Lipinski definition) is 1. The van der Waals surface area contributed by atoms with Gasteiger partial charge < -0.3 is 14.8 Å². The van der Waals surface area contributed by atoms with Gasteiger partial charge in [-0.25, -0.2) is 0 Å². The Hall–Kier alpha value is -3.70. The number of fused-ring (bicyclic) bond motifs is 1. The van der Waals surface area contributed by atoms with Gasteiger partial charge in [0.05, 0.1) is 31.3 Å². The van der Waals surface area contributed by atoms with Crippen molar-refractivity contribution >= 4 is 16.9 Å². The van der Waals surface area contributed by atoms with Gasteiger partial charge in [0, 0.05) is 29.6 Å². The number of hydrogen-bond acceptors (Lipinski definition) is 5. The average molecular weight is 441 g/mol. The zero-order valence-corrected chi connectivity index (χ0v) is 19.0. The standard InChI is InChI=1S/C28H28N2O3/c1-3-33-28(31)16-21-13-14-27(32-2)24(15-21)23-17-22-11-7-8-12-25(22)30-26(23)19-29-18-20-9-5-4-6-10-20/h4-15,17,29H,3,16,18-19H2,1-2H3. The molecule has 0 saturated heterocycles. The Bertz CT molecular complexity index is 1240. The first-order chi connectivity index (χ1) is 16.2. The van der Waals surface area contributed by atoms with Crippen molar-refractivity contribution in [3.05, 3.63) is 95.7 Å². The van der Waals surface area contributed by atoms with Gasteiger partial charge in [-0.15, -0.1) is 0 Å². The number of aromatic nitrogens is 1. The van der Waals surface area contributed by atoms with E-state index < -0.39 is 0 Å². The highest BCUT2D eigenvalue weighted by molar-refractivity contribution is 5.87. The highest BCUT2D eigenvalue weighted by atomic mass is 16.5. The van der Waals surface area contributed by atoms with Gasteiger partial charge in [0.2, 0.25) is 0 Å². The predicted octanol–water partition coefficient (Wildman–Crippen LogP) is 5.31. The van der Waals surface area contributed by atoms with Crippen LogP contribution in [-0.4, -0.2) is 24.7 Å². The van der Waals surface area contributed by atoms with Gasteiger partial charge in [0.15, 0.2) is 0 Å². The van der Waals surface area contributed by atoms with E-state index in [-0.39, 0.29) is 12.4 Å². The molecule has 1 aromatic heterocycles. The third-order valence-electron chi connectivity index (χ3n) is 5.48. The molecule has 0 atom stereocenters. The maximum atomic E-state index is 12.1. The summed E-state index contributed by atoms with van der Waals surface area (Å²) in [7, 11) is 1.66. The number of pyridine rings is 1. The third-order valence-corrected chi connectivity index (χ3v) is 5.48. The van der Waals surface area contributed by atoms with E-state index in [0.29, 0.717) is 13.2 Å². The number of para-hydroxylation sites is 1. The highest BCUT2D eigenvalue weighted by Gasteiger charge is 2.15. The molecule has 0 fully saturated rings. The maximum Gasteiger partial charge on any atom is 0.310 e. The lowest BCUT2D eigenvalue weighted by Crippen LogP contribution is -2.15. The van der Waals surface area contributed by atoms with Crippen molar-refractivity contribution in [2.45, 2.75) is 26.4 Å². The molecule has 0 saturated carbocycles. The fourth-order valence-corrected chi connectivity index (χ4v) is 3.90. The summed E-state index contributed by atoms with van der Waals surface area (Å²) >= 11 is 0. The normalized spacial score (nSPS) is 10.8. The van der Waals surface area contributed by atoms with Crippen LogP contribution in [0.15, 0.2) is 78.9 Å². The molecular weight excluding hydrogens is 412 g/mol. The first-order valence-corrected chi connectivity index (χ1v) is 11.1. The van der Waals surface area contributed by atoms with Crippen LogP contribution in [0.3, 0.4) is 0 Å². The lowest BCUT2D eigenvalue weighted by Gasteiger charge is -2.16. The highest BCUT2D eigenvalue weighted by Crippen LogP contribution is 2.35. The van der Waals surface area contributed by atoms with Gasteiger partial charge in [-0.2, -0.15) is 0 Å². The summed E-state index contributed by atoms with van der Waals surface area (Å²) < 4.78 is 10.8. The molecule has 4 rings (SSSR count). The largest absolute Gasteiger partial charge is 0.496 e. The van der Waals surface area contributed by atoms with Crippen LogP contribution in [0.25, 0.3) is 22.0 Å². The van der Waals surface area contributed by atoms with Crippen LogP contribution in [0.2, 0.25) is 0 Å². The van der Waals surface area contributed by atoms with Crippen molar-refractivity contribution in [2.75, 3.05) is 13.7 Å². The van der Waals surface area contributed by atoms with Gasteiger partial charge in [-0.05, 0) is 42.3 Å². The number of carbonyl (C=O) groups excluding carboxylic acids is 1. The summed E-state index contributed by atoms with van der Waals surface area (Å²) in [4.78, 5) is 17.0. The van der Waals surface area contributed by atoms with Crippen LogP contribution in [0.5, 0.6) is 5.75 Å². The minimum atomic E-state index is -0.241. The molecular formula is C28H28N2O3. The summed E-state index contributed by atoms with van der Waals surface area (Å²) in [6.07, 6.45) is 0.216. The predicted molar refractivity (Wildman–Crippen MR) is 131 cm³/mol. The molecule has 168 valence electrons. The molecule has 0 spiro atoms. The monoisotopic (exact) mass is 440 g/mol. The first kappa shape index (κ1) is 22.5. The lowest BCUT2D eigenvalue weighted by molar-refractivity contribution is -0.142. The molecule has 0 aliphatic rings. The Kier molecular flexibility index (Phi) is 7.33. The molecule has 0 aliphatic heterocycles. The quantitative estimate of drug-likeness (QED) is 0.358. The van der Waals surface area contributed by atoms with Crippen LogP contribution in [0, 0.1) is 0 Å². The van der Waals surface area contributed by atoms with Crippen molar-refractivity contribution in [3.63, 3.8) is 0 Å². The van der Waals surface area contributed by atoms with Crippen molar-refractivity contribution in [2.24, 2.45) is 0 Å². The molecule has 0 aliphatic carbocycles. The molecule has 33 heavy (non-hydrogen) atoms. The van der Waals surface area contributed by atoms with E-state index in [4.69, 9.17) is 14.5 Å². The van der Waals surface area contributed by atoms with Crippen LogP contribution in [0.1, 0.15) is 23.7 Å². The molecule has 0 bridgehead atoms. The van der Waals surface area contributed by atoms with E-state index in [2.05, 4.69) is 29.6 Å². The SMILES string of the molecule is CCOC(=O)Cc1ccc(OC)c(-c2cc3ccccc3nc2CNCc2ccccc2)c1. The van der Waals surface area contributed by atoms with Gasteiger partial charge >= 0.3 is 5.97 Å². The number of methoxy groups -OCH3 is 1. The molecule has 0 radical (unpaired) electrons. The number of nitrogens with one attached hydrogen (secondary N) is 1. The van der Waals surface area contributed by atoms with E-state index >= 15 is 0 Å². The number of rotatable bonds is 9. The zero-order chi connectivity index (χ0) is 23.0. The molecule has 1 N–H and O–H groups in total. The zero-order valence-electron chi connectivity index (χ0n) is 19.0. The van der Waals surface area contributed by atoms with E-state index in [0.717, 1.165) is 45.6 Å².